The minimum atomic E-state index is -1.03. The summed E-state index contributed by atoms with van der Waals surface area (Å²) in [5.74, 6) is 0.369. The predicted molar refractivity (Wildman–Crippen MR) is 54.7 cm³/mol. The summed E-state index contributed by atoms with van der Waals surface area (Å²) in [6.45, 7) is 0.768. The fourth-order valence-corrected chi connectivity index (χ4v) is 2.03. The average molecular weight is 200 g/mol. The van der Waals surface area contributed by atoms with E-state index in [-0.39, 0.29) is 12.5 Å². The number of hydrogen-bond acceptors (Lipinski definition) is 3. The fourth-order valence-electron chi connectivity index (χ4n) is 2.03. The van der Waals surface area contributed by atoms with Crippen molar-refractivity contribution in [1.82, 2.24) is 4.90 Å². The number of aliphatic hydroxyl groups excluding tert-OH is 1. The molecule has 1 fully saturated rings. The Balaban J connectivity index is 2.32. The number of carbonyl (C=O) groups is 1. The summed E-state index contributed by atoms with van der Waals surface area (Å²) in [6, 6.07) is 0. The number of hydrogen-bond donors (Lipinski definition) is 2. The second-order valence-corrected chi connectivity index (χ2v) is 4.12. The van der Waals surface area contributed by atoms with Crippen LogP contribution in [0.2, 0.25) is 0 Å². The van der Waals surface area contributed by atoms with E-state index in [0.717, 1.165) is 6.54 Å². The molecule has 1 atom stereocenters. The lowest BCUT2D eigenvalue weighted by Crippen LogP contribution is -2.42. The molecule has 0 spiro atoms. The van der Waals surface area contributed by atoms with Crippen LogP contribution in [-0.4, -0.2) is 42.2 Å². The predicted octanol–water partition coefficient (Wildman–Crippen LogP) is -0.0454. The lowest BCUT2D eigenvalue weighted by molar-refractivity contribution is -0.138. The van der Waals surface area contributed by atoms with Gasteiger partial charge in [-0.25, -0.2) is 0 Å². The zero-order valence-electron chi connectivity index (χ0n) is 8.78. The maximum absolute atomic E-state index is 11.5. The fraction of sp³-hybridized carbons (Fsp3) is 0.900. The Morgan fingerprint density at radius 2 is 2.14 bits per heavy atom. The molecule has 1 aliphatic carbocycles. The van der Waals surface area contributed by atoms with Crippen molar-refractivity contribution in [3.8, 4) is 0 Å². The third-order valence-electron chi connectivity index (χ3n) is 2.89. The number of likely N-dealkylation sites (N-methyl/N-ethyl adjacent to an activating group) is 1. The van der Waals surface area contributed by atoms with Gasteiger partial charge in [-0.15, -0.1) is 0 Å². The second kappa shape index (κ2) is 5.32. The largest absolute Gasteiger partial charge is 0.382 e. The van der Waals surface area contributed by atoms with Crippen molar-refractivity contribution in [2.24, 2.45) is 11.7 Å². The Bertz CT molecular complexity index is 191. The van der Waals surface area contributed by atoms with E-state index in [2.05, 4.69) is 0 Å². The molecule has 82 valence electrons. The summed E-state index contributed by atoms with van der Waals surface area (Å²) < 4.78 is 0. The van der Waals surface area contributed by atoms with Gasteiger partial charge in [0.1, 0.15) is 6.10 Å². The van der Waals surface area contributed by atoms with Crippen LogP contribution in [-0.2, 0) is 4.79 Å². The number of carbonyl (C=O) groups excluding carboxylic acids is 1. The summed E-state index contributed by atoms with van der Waals surface area (Å²) >= 11 is 0. The lowest BCUT2D eigenvalue weighted by atomic mass is 10.1. The van der Waals surface area contributed by atoms with Crippen LogP contribution >= 0.6 is 0 Å². The minimum Gasteiger partial charge on any atom is -0.382 e. The maximum atomic E-state index is 11.5. The highest BCUT2D eigenvalue weighted by molar-refractivity contribution is 5.80. The molecule has 1 aliphatic rings. The van der Waals surface area contributed by atoms with E-state index in [9.17, 15) is 9.90 Å². The molecule has 4 nitrogen and oxygen atoms in total. The first-order valence-electron chi connectivity index (χ1n) is 5.28. The van der Waals surface area contributed by atoms with Crippen molar-refractivity contribution in [1.29, 1.82) is 0 Å². The Hall–Kier alpha value is -0.610. The van der Waals surface area contributed by atoms with E-state index >= 15 is 0 Å². The van der Waals surface area contributed by atoms with Gasteiger partial charge in [-0.3, -0.25) is 4.79 Å². The van der Waals surface area contributed by atoms with Crippen molar-refractivity contribution >= 4 is 5.91 Å². The van der Waals surface area contributed by atoms with Crippen LogP contribution < -0.4 is 5.73 Å². The van der Waals surface area contributed by atoms with E-state index in [0.29, 0.717) is 5.92 Å². The number of aliphatic hydroxyl groups is 1. The van der Waals surface area contributed by atoms with Crippen LogP contribution in [0, 0.1) is 5.92 Å². The molecule has 14 heavy (non-hydrogen) atoms. The molecule has 0 radical (unpaired) electrons. The molecule has 4 heteroatoms. The highest BCUT2D eigenvalue weighted by Crippen LogP contribution is 2.25. The van der Waals surface area contributed by atoms with Crippen molar-refractivity contribution < 1.29 is 9.90 Å². The van der Waals surface area contributed by atoms with Gasteiger partial charge in [0.05, 0.1) is 0 Å². The molecule has 0 aromatic carbocycles. The Labute approximate surface area is 85.1 Å². The van der Waals surface area contributed by atoms with Crippen molar-refractivity contribution in [3.05, 3.63) is 0 Å². The molecule has 0 heterocycles. The third-order valence-corrected chi connectivity index (χ3v) is 2.89. The third kappa shape index (κ3) is 2.96. The van der Waals surface area contributed by atoms with Crippen LogP contribution in [0.4, 0.5) is 0 Å². The molecule has 1 unspecified atom stereocenters. The molecule has 0 aliphatic heterocycles. The summed E-state index contributed by atoms with van der Waals surface area (Å²) in [5.41, 5.74) is 5.22. The molecular weight excluding hydrogens is 180 g/mol. The average Bonchev–Trinajstić information content (AvgIpc) is 2.68. The monoisotopic (exact) mass is 200 g/mol. The summed E-state index contributed by atoms with van der Waals surface area (Å²) in [5, 5.41) is 9.25. The van der Waals surface area contributed by atoms with Crippen LogP contribution in [0.25, 0.3) is 0 Å². The van der Waals surface area contributed by atoms with Gasteiger partial charge < -0.3 is 15.7 Å². The first-order chi connectivity index (χ1) is 6.65. The Morgan fingerprint density at radius 1 is 1.57 bits per heavy atom. The quantitative estimate of drug-likeness (QED) is 0.669. The van der Waals surface area contributed by atoms with Crippen molar-refractivity contribution in [3.63, 3.8) is 0 Å². The van der Waals surface area contributed by atoms with Crippen LogP contribution in [0.15, 0.2) is 0 Å². The van der Waals surface area contributed by atoms with Crippen molar-refractivity contribution in [2.75, 3.05) is 20.1 Å². The molecule has 0 saturated heterocycles. The van der Waals surface area contributed by atoms with E-state index in [1.165, 1.54) is 25.7 Å². The normalized spacial score (nSPS) is 19.6. The first kappa shape index (κ1) is 11.5. The van der Waals surface area contributed by atoms with Crippen LogP contribution in [0.3, 0.4) is 0 Å². The lowest BCUT2D eigenvalue weighted by Gasteiger charge is -2.23. The van der Waals surface area contributed by atoms with Gasteiger partial charge in [-0.1, -0.05) is 12.8 Å². The zero-order chi connectivity index (χ0) is 10.6. The molecule has 1 amide bonds. The molecule has 0 aromatic heterocycles. The number of amides is 1. The second-order valence-electron chi connectivity index (χ2n) is 4.12. The van der Waals surface area contributed by atoms with E-state index in [4.69, 9.17) is 5.73 Å². The SMILES string of the molecule is CN(CC1CCCC1)C(=O)C(O)CN. The summed E-state index contributed by atoms with van der Waals surface area (Å²) in [6.07, 6.45) is 3.92. The molecule has 0 bridgehead atoms. The zero-order valence-corrected chi connectivity index (χ0v) is 8.78. The van der Waals surface area contributed by atoms with Gasteiger partial charge in [0, 0.05) is 20.1 Å². The maximum Gasteiger partial charge on any atom is 0.252 e. The van der Waals surface area contributed by atoms with Gasteiger partial charge in [-0.05, 0) is 18.8 Å². The molecule has 1 rings (SSSR count). The number of nitrogens with zero attached hydrogens (tertiary/aromatic N) is 1. The standard InChI is InChI=1S/C10H20N2O2/c1-12(10(14)9(13)6-11)7-8-4-2-3-5-8/h8-9,13H,2-7,11H2,1H3. The van der Waals surface area contributed by atoms with Crippen LogP contribution in [0.5, 0.6) is 0 Å². The molecule has 0 aromatic rings. The smallest absolute Gasteiger partial charge is 0.252 e. The highest BCUT2D eigenvalue weighted by Gasteiger charge is 2.22. The number of nitrogens with two attached hydrogens (primary N) is 1. The van der Waals surface area contributed by atoms with E-state index in [1.54, 1.807) is 11.9 Å². The summed E-state index contributed by atoms with van der Waals surface area (Å²) in [4.78, 5) is 13.1. The van der Waals surface area contributed by atoms with Gasteiger partial charge in [-0.2, -0.15) is 0 Å². The Morgan fingerprint density at radius 3 is 2.64 bits per heavy atom. The highest BCUT2D eigenvalue weighted by atomic mass is 16.3. The Kier molecular flexibility index (Phi) is 4.35. The topological polar surface area (TPSA) is 66.6 Å². The summed E-state index contributed by atoms with van der Waals surface area (Å²) in [7, 11) is 1.74. The molecule has 1 saturated carbocycles. The number of rotatable bonds is 4. The van der Waals surface area contributed by atoms with E-state index < -0.39 is 6.10 Å². The van der Waals surface area contributed by atoms with Crippen molar-refractivity contribution in [2.45, 2.75) is 31.8 Å². The molecular formula is C10H20N2O2. The van der Waals surface area contributed by atoms with Gasteiger partial charge in [0.15, 0.2) is 0 Å². The van der Waals surface area contributed by atoms with Gasteiger partial charge >= 0.3 is 0 Å². The molecule has 3 N–H and O–H groups in total. The minimum absolute atomic E-state index is 0.00778. The first-order valence-corrected chi connectivity index (χ1v) is 5.28. The van der Waals surface area contributed by atoms with E-state index in [1.807, 2.05) is 0 Å². The van der Waals surface area contributed by atoms with Gasteiger partial charge in [0.2, 0.25) is 0 Å². The van der Waals surface area contributed by atoms with Crippen LogP contribution in [0.1, 0.15) is 25.7 Å². The van der Waals surface area contributed by atoms with Gasteiger partial charge in [0.25, 0.3) is 5.91 Å².